The smallest absolute Gasteiger partial charge is 0.162 e. The van der Waals surface area contributed by atoms with Crippen LogP contribution in [0, 0.1) is 11.6 Å². The van der Waals surface area contributed by atoms with Gasteiger partial charge in [-0.3, -0.25) is 0 Å². The molecule has 1 atom stereocenters. The van der Waals surface area contributed by atoms with Crippen LogP contribution in [0.3, 0.4) is 0 Å². The number of aryl methyl sites for hydroxylation is 1. The predicted molar refractivity (Wildman–Crippen MR) is 82.0 cm³/mol. The summed E-state index contributed by atoms with van der Waals surface area (Å²) in [4.78, 5) is 0. The number of hydrogen-bond donors (Lipinski definition) is 1. The van der Waals surface area contributed by atoms with E-state index in [4.69, 9.17) is 5.73 Å². The maximum absolute atomic E-state index is 13.7. The van der Waals surface area contributed by atoms with Gasteiger partial charge in [0.1, 0.15) is 0 Å². The fourth-order valence-corrected chi connectivity index (χ4v) is 2.37. The van der Waals surface area contributed by atoms with Crippen molar-refractivity contribution >= 4 is 0 Å². The Morgan fingerprint density at radius 1 is 1.05 bits per heavy atom. The minimum absolute atomic E-state index is 0.290. The zero-order valence-corrected chi connectivity index (χ0v) is 12.3. The quantitative estimate of drug-likeness (QED) is 0.829. The summed E-state index contributed by atoms with van der Waals surface area (Å²) < 4.78 is 26.8. The lowest BCUT2D eigenvalue weighted by molar-refractivity contribution is 0.494. The molecule has 0 bridgehead atoms. The van der Waals surface area contributed by atoms with Gasteiger partial charge < -0.3 is 5.73 Å². The van der Waals surface area contributed by atoms with Crippen LogP contribution in [0.5, 0.6) is 0 Å². The van der Waals surface area contributed by atoms with Crippen molar-refractivity contribution in [1.82, 2.24) is 0 Å². The first kappa shape index (κ1) is 15.6. The highest BCUT2D eigenvalue weighted by Gasteiger charge is 2.13. The summed E-state index contributed by atoms with van der Waals surface area (Å²) in [6.45, 7) is 2.16. The van der Waals surface area contributed by atoms with E-state index in [0.29, 0.717) is 5.56 Å². The van der Waals surface area contributed by atoms with Gasteiger partial charge in [-0.05, 0) is 42.0 Å². The highest BCUT2D eigenvalue weighted by molar-refractivity contribution is 5.28. The van der Waals surface area contributed by atoms with Gasteiger partial charge in [0.15, 0.2) is 11.6 Å². The Bertz CT molecular complexity index is 578. The fraction of sp³-hybridized carbons (Fsp3) is 0.333. The molecule has 0 aromatic heterocycles. The topological polar surface area (TPSA) is 26.0 Å². The lowest BCUT2D eigenvalue weighted by Crippen LogP contribution is -2.14. The third-order valence-electron chi connectivity index (χ3n) is 3.70. The average molecular weight is 289 g/mol. The van der Waals surface area contributed by atoms with Crippen LogP contribution in [0.15, 0.2) is 42.5 Å². The van der Waals surface area contributed by atoms with Crippen LogP contribution in [0.2, 0.25) is 0 Å². The van der Waals surface area contributed by atoms with E-state index in [-0.39, 0.29) is 12.5 Å². The monoisotopic (exact) mass is 289 g/mol. The normalized spacial score (nSPS) is 12.4. The molecule has 0 spiro atoms. The molecule has 2 rings (SSSR count). The summed E-state index contributed by atoms with van der Waals surface area (Å²) in [5.74, 6) is -1.62. The number of nitrogens with two attached hydrogens (primary N) is 1. The Morgan fingerprint density at radius 2 is 1.76 bits per heavy atom. The molecule has 0 aliphatic rings. The van der Waals surface area contributed by atoms with Crippen LogP contribution in [-0.4, -0.2) is 0 Å². The van der Waals surface area contributed by atoms with E-state index in [2.05, 4.69) is 19.1 Å². The van der Waals surface area contributed by atoms with Crippen molar-refractivity contribution in [3.63, 3.8) is 0 Å². The van der Waals surface area contributed by atoms with E-state index in [1.165, 1.54) is 24.5 Å². The van der Waals surface area contributed by atoms with E-state index >= 15 is 0 Å². The molecule has 2 aromatic carbocycles. The Morgan fingerprint density at radius 3 is 2.43 bits per heavy atom. The molecule has 0 saturated carbocycles. The molecule has 112 valence electrons. The van der Waals surface area contributed by atoms with Crippen molar-refractivity contribution in [1.29, 1.82) is 0 Å². The Balaban J connectivity index is 2.06. The molecule has 0 heterocycles. The van der Waals surface area contributed by atoms with Gasteiger partial charge in [0.05, 0.1) is 0 Å². The number of benzene rings is 2. The van der Waals surface area contributed by atoms with Crippen molar-refractivity contribution in [3.05, 3.63) is 70.8 Å². The van der Waals surface area contributed by atoms with Gasteiger partial charge >= 0.3 is 0 Å². The summed E-state index contributed by atoms with van der Waals surface area (Å²) in [6, 6.07) is 12.0. The molecular weight excluding hydrogens is 268 g/mol. The minimum atomic E-state index is -0.824. The highest BCUT2D eigenvalue weighted by Crippen LogP contribution is 2.20. The van der Waals surface area contributed by atoms with E-state index in [0.717, 1.165) is 18.1 Å². The molecule has 3 heteroatoms. The van der Waals surface area contributed by atoms with Crippen LogP contribution in [-0.2, 0) is 12.8 Å². The maximum atomic E-state index is 13.7. The Hall–Kier alpha value is -1.74. The standard InChI is InChI=1S/C18H21F2N/c1-2-3-5-13-8-10-14(11-9-13)17(21)12-15-6-4-7-16(19)18(15)20/h4,6-11,17H,2-3,5,12,21H2,1H3. The fourth-order valence-electron chi connectivity index (χ4n) is 2.37. The zero-order chi connectivity index (χ0) is 15.2. The molecule has 0 amide bonds. The first-order chi connectivity index (χ1) is 10.1. The summed E-state index contributed by atoms with van der Waals surface area (Å²) in [7, 11) is 0. The molecule has 1 nitrogen and oxygen atoms in total. The van der Waals surface area contributed by atoms with Gasteiger partial charge in [0, 0.05) is 6.04 Å². The van der Waals surface area contributed by atoms with Crippen LogP contribution >= 0.6 is 0 Å². The zero-order valence-electron chi connectivity index (χ0n) is 12.3. The second-order valence-corrected chi connectivity index (χ2v) is 5.37. The van der Waals surface area contributed by atoms with Gasteiger partial charge in [0.25, 0.3) is 0 Å². The molecule has 0 aliphatic carbocycles. The van der Waals surface area contributed by atoms with E-state index < -0.39 is 11.6 Å². The van der Waals surface area contributed by atoms with Crippen molar-refractivity contribution in [2.45, 2.75) is 38.6 Å². The van der Waals surface area contributed by atoms with Gasteiger partial charge in [-0.2, -0.15) is 0 Å². The SMILES string of the molecule is CCCCc1ccc(C(N)Cc2cccc(F)c2F)cc1. The number of hydrogen-bond acceptors (Lipinski definition) is 1. The van der Waals surface area contributed by atoms with Crippen LogP contribution in [0.4, 0.5) is 8.78 Å². The number of halogens is 2. The molecule has 0 aliphatic heterocycles. The number of rotatable bonds is 6. The summed E-state index contributed by atoms with van der Waals surface area (Å²) in [5.41, 5.74) is 8.65. The van der Waals surface area contributed by atoms with Gasteiger partial charge in [0.2, 0.25) is 0 Å². The molecule has 2 N–H and O–H groups in total. The van der Waals surface area contributed by atoms with Gasteiger partial charge in [-0.1, -0.05) is 49.7 Å². The average Bonchev–Trinajstić information content (AvgIpc) is 2.50. The van der Waals surface area contributed by atoms with E-state index in [9.17, 15) is 8.78 Å². The highest BCUT2D eigenvalue weighted by atomic mass is 19.2. The second kappa shape index (κ2) is 7.32. The van der Waals surface area contributed by atoms with Crippen LogP contribution in [0.1, 0.15) is 42.5 Å². The van der Waals surface area contributed by atoms with Gasteiger partial charge in [-0.15, -0.1) is 0 Å². The summed E-state index contributed by atoms with van der Waals surface area (Å²) in [6.07, 6.45) is 3.68. The lowest BCUT2D eigenvalue weighted by Gasteiger charge is -2.13. The summed E-state index contributed by atoms with van der Waals surface area (Å²) >= 11 is 0. The minimum Gasteiger partial charge on any atom is -0.324 e. The largest absolute Gasteiger partial charge is 0.324 e. The van der Waals surface area contributed by atoms with Crippen LogP contribution < -0.4 is 5.73 Å². The molecular formula is C18H21F2N. The van der Waals surface area contributed by atoms with E-state index in [1.54, 1.807) is 6.07 Å². The molecule has 0 fully saturated rings. The predicted octanol–water partition coefficient (Wildman–Crippen LogP) is 4.55. The molecule has 0 radical (unpaired) electrons. The van der Waals surface area contributed by atoms with Crippen molar-refractivity contribution in [3.8, 4) is 0 Å². The number of unbranched alkanes of at least 4 members (excludes halogenated alkanes) is 1. The first-order valence-corrected chi connectivity index (χ1v) is 7.39. The van der Waals surface area contributed by atoms with Crippen molar-refractivity contribution in [2.24, 2.45) is 5.73 Å². The molecule has 21 heavy (non-hydrogen) atoms. The lowest BCUT2D eigenvalue weighted by atomic mass is 9.97. The van der Waals surface area contributed by atoms with Gasteiger partial charge in [-0.25, -0.2) is 8.78 Å². The van der Waals surface area contributed by atoms with Crippen molar-refractivity contribution in [2.75, 3.05) is 0 Å². The Kier molecular flexibility index (Phi) is 5.45. The second-order valence-electron chi connectivity index (χ2n) is 5.37. The third-order valence-corrected chi connectivity index (χ3v) is 3.70. The first-order valence-electron chi connectivity index (χ1n) is 7.39. The molecule has 1 unspecified atom stereocenters. The summed E-state index contributed by atoms with van der Waals surface area (Å²) in [5, 5.41) is 0. The van der Waals surface area contributed by atoms with Crippen LogP contribution in [0.25, 0.3) is 0 Å². The van der Waals surface area contributed by atoms with Crippen molar-refractivity contribution < 1.29 is 8.78 Å². The third kappa shape index (κ3) is 4.11. The Labute approximate surface area is 124 Å². The van der Waals surface area contributed by atoms with E-state index in [1.807, 2.05) is 12.1 Å². The maximum Gasteiger partial charge on any atom is 0.162 e. The molecule has 2 aromatic rings. The molecule has 0 saturated heterocycles.